The van der Waals surface area contributed by atoms with Crippen LogP contribution in [0.25, 0.3) is 17.2 Å². The fourth-order valence-electron chi connectivity index (χ4n) is 7.37. The van der Waals surface area contributed by atoms with Crippen LogP contribution < -0.4 is 16.6 Å². The van der Waals surface area contributed by atoms with Crippen LogP contribution in [0.1, 0.15) is 58.7 Å². The fourth-order valence-corrected chi connectivity index (χ4v) is 8.58. The molecule has 0 unspecified atom stereocenters. The molecule has 18 heteroatoms. The number of hydrogen-bond acceptors (Lipinski definition) is 10. The second kappa shape index (κ2) is 13.1. The number of carbonyl (C=O) groups is 2. The Morgan fingerprint density at radius 2 is 1.85 bits per heavy atom. The lowest BCUT2D eigenvalue weighted by atomic mass is 9.85. The topological polar surface area (TPSA) is 170 Å². The van der Waals surface area contributed by atoms with Crippen molar-refractivity contribution < 1.29 is 32.6 Å². The first-order chi connectivity index (χ1) is 25.7. The molecule has 3 aliphatic heterocycles. The molecule has 6 heterocycles. The number of amides is 2. The van der Waals surface area contributed by atoms with E-state index in [9.17, 15) is 32.7 Å². The molecular formula is C36H32ClF3N8O5S. The number of pyridine rings is 1. The minimum Gasteiger partial charge on any atom is -0.505 e. The van der Waals surface area contributed by atoms with Crippen LogP contribution in [0.5, 0.6) is 5.75 Å². The van der Waals surface area contributed by atoms with Gasteiger partial charge in [-0.1, -0.05) is 35.9 Å². The summed E-state index contributed by atoms with van der Waals surface area (Å²) in [4.78, 5) is 51.7. The second-order valence-electron chi connectivity index (χ2n) is 13.7. The molecule has 3 aromatic heterocycles. The minimum atomic E-state index is -4.63. The Balaban J connectivity index is 1.18. The highest BCUT2D eigenvalue weighted by molar-refractivity contribution is 8.00. The SMILES string of the molecule is C[C@H]1OC2(CCN(C(=O)c3ncccc3O)CC2)c2c1n(CC(=O)Nc1ccc(C(F)(F)F)cc1Cl)c1nc(-c3ccc(C4(N)CSC4)cc3)nn1c2=O. The second-order valence-corrected chi connectivity index (χ2v) is 15.1. The van der Waals surface area contributed by atoms with Crippen LogP contribution in [-0.4, -0.2) is 70.6 Å². The van der Waals surface area contributed by atoms with Gasteiger partial charge in [0.1, 0.15) is 17.9 Å². The molecule has 13 nitrogen and oxygen atoms in total. The number of rotatable bonds is 6. The van der Waals surface area contributed by atoms with E-state index in [0.29, 0.717) is 11.3 Å². The Hall–Kier alpha value is -4.97. The normalized spacial score (nSPS) is 18.8. The van der Waals surface area contributed by atoms with Gasteiger partial charge in [-0.2, -0.15) is 34.4 Å². The molecule has 3 aliphatic rings. The quantitative estimate of drug-likeness (QED) is 0.211. The number of thioether (sulfide) groups is 1. The van der Waals surface area contributed by atoms with Crippen molar-refractivity contribution in [2.45, 2.75) is 49.7 Å². The molecule has 54 heavy (non-hydrogen) atoms. The van der Waals surface area contributed by atoms with Crippen molar-refractivity contribution in [2.75, 3.05) is 29.9 Å². The molecule has 2 saturated heterocycles. The number of likely N-dealkylation sites (tertiary alicyclic amines) is 1. The summed E-state index contributed by atoms with van der Waals surface area (Å²) in [5.74, 6) is 0.476. The summed E-state index contributed by atoms with van der Waals surface area (Å²) in [7, 11) is 0. The van der Waals surface area contributed by atoms with Crippen LogP contribution in [0.4, 0.5) is 18.9 Å². The summed E-state index contributed by atoms with van der Waals surface area (Å²) < 4.78 is 49.0. The minimum absolute atomic E-state index is 0.0371. The van der Waals surface area contributed by atoms with E-state index in [4.69, 9.17) is 27.1 Å². The van der Waals surface area contributed by atoms with Crippen molar-refractivity contribution >= 4 is 46.6 Å². The summed E-state index contributed by atoms with van der Waals surface area (Å²) in [6.45, 7) is 1.65. The number of anilines is 1. The molecule has 1 spiro atoms. The van der Waals surface area contributed by atoms with Crippen LogP contribution in [-0.2, 0) is 33.4 Å². The van der Waals surface area contributed by atoms with E-state index in [0.717, 1.165) is 39.8 Å². The number of benzene rings is 2. The number of aromatic hydroxyl groups is 1. The van der Waals surface area contributed by atoms with Crippen molar-refractivity contribution in [3.05, 3.63) is 104 Å². The Morgan fingerprint density at radius 3 is 2.48 bits per heavy atom. The Labute approximate surface area is 314 Å². The van der Waals surface area contributed by atoms with E-state index >= 15 is 0 Å². The Kier molecular flexibility index (Phi) is 8.74. The maximum Gasteiger partial charge on any atom is 0.416 e. The largest absolute Gasteiger partial charge is 0.505 e. The van der Waals surface area contributed by atoms with Crippen LogP contribution in [0, 0.1) is 0 Å². The Morgan fingerprint density at radius 1 is 1.13 bits per heavy atom. The zero-order valence-electron chi connectivity index (χ0n) is 28.6. The van der Waals surface area contributed by atoms with Crippen LogP contribution in [0.2, 0.25) is 5.02 Å². The molecule has 4 N–H and O–H groups in total. The van der Waals surface area contributed by atoms with Crippen molar-refractivity contribution in [2.24, 2.45) is 5.73 Å². The molecule has 2 amide bonds. The molecule has 2 aromatic carbocycles. The molecule has 0 saturated carbocycles. The van der Waals surface area contributed by atoms with E-state index in [-0.39, 0.29) is 65.3 Å². The summed E-state index contributed by atoms with van der Waals surface area (Å²) >= 11 is 7.91. The fraction of sp³-hybridized carbons (Fsp3) is 0.333. The number of nitrogens with two attached hydrogens (primary N) is 1. The number of nitrogens with one attached hydrogen (secondary N) is 1. The molecule has 0 bridgehead atoms. The maximum atomic E-state index is 14.5. The zero-order valence-corrected chi connectivity index (χ0v) is 30.1. The number of alkyl halides is 3. The lowest BCUT2D eigenvalue weighted by Gasteiger charge is -2.39. The summed E-state index contributed by atoms with van der Waals surface area (Å²) in [6.07, 6.45) is -3.52. The number of ether oxygens (including phenoxy) is 1. The Bertz CT molecular complexity index is 2390. The molecule has 5 aromatic rings. The molecule has 1 atom stereocenters. The molecule has 280 valence electrons. The van der Waals surface area contributed by atoms with E-state index in [1.54, 1.807) is 18.7 Å². The van der Waals surface area contributed by atoms with Gasteiger partial charge >= 0.3 is 6.18 Å². The predicted octanol–water partition coefficient (Wildman–Crippen LogP) is 5.09. The molecule has 0 aliphatic carbocycles. The van der Waals surface area contributed by atoms with Gasteiger partial charge in [0.15, 0.2) is 11.5 Å². The lowest BCUT2D eigenvalue weighted by molar-refractivity contribution is -0.137. The lowest BCUT2D eigenvalue weighted by Crippen LogP contribution is -2.48. The third-order valence-corrected chi connectivity index (χ3v) is 11.9. The van der Waals surface area contributed by atoms with Crippen molar-refractivity contribution in [1.29, 1.82) is 0 Å². The molecular weight excluding hydrogens is 749 g/mol. The third kappa shape index (κ3) is 6.08. The number of piperidine rings is 1. The highest BCUT2D eigenvalue weighted by Crippen LogP contribution is 2.48. The predicted molar refractivity (Wildman–Crippen MR) is 193 cm³/mol. The van der Waals surface area contributed by atoms with Crippen LogP contribution in [0.15, 0.2) is 65.6 Å². The smallest absolute Gasteiger partial charge is 0.416 e. The number of hydrogen-bond donors (Lipinski definition) is 3. The van der Waals surface area contributed by atoms with E-state index in [1.807, 2.05) is 24.3 Å². The van der Waals surface area contributed by atoms with Gasteiger partial charge in [0.05, 0.1) is 39.2 Å². The number of nitrogens with zero attached hydrogens (tertiary/aromatic N) is 6. The van der Waals surface area contributed by atoms with E-state index < -0.39 is 52.9 Å². The first-order valence-corrected chi connectivity index (χ1v) is 18.5. The molecule has 8 rings (SSSR count). The highest BCUT2D eigenvalue weighted by atomic mass is 35.5. The van der Waals surface area contributed by atoms with Crippen LogP contribution in [0.3, 0.4) is 0 Å². The average Bonchev–Trinajstić information content (AvgIpc) is 3.70. The monoisotopic (exact) mass is 780 g/mol. The number of halogens is 4. The number of carbonyl (C=O) groups excluding carboxylic acids is 2. The van der Waals surface area contributed by atoms with Gasteiger partial charge in [-0.3, -0.25) is 14.4 Å². The van der Waals surface area contributed by atoms with Crippen LogP contribution >= 0.6 is 23.4 Å². The van der Waals surface area contributed by atoms with Gasteiger partial charge in [-0.05, 0) is 55.7 Å². The summed E-state index contributed by atoms with van der Waals surface area (Å²) in [5, 5.41) is 17.1. The van der Waals surface area contributed by atoms with Gasteiger partial charge < -0.3 is 30.4 Å². The first kappa shape index (κ1) is 36.0. The average molecular weight is 781 g/mol. The maximum absolute atomic E-state index is 14.5. The third-order valence-electron chi connectivity index (χ3n) is 10.2. The highest BCUT2D eigenvalue weighted by Gasteiger charge is 2.51. The standard InChI is InChI=1S/C36H32ClF3N8O5S/c1-19-29-27(35(53-19)10-13-46(14-11-35)32(52)28-25(49)3-2-12-42-28)31(51)48-33(44-30(45-48)20-4-6-21(7-5-20)34(41)17-54-18-34)47(29)16-26(50)43-24-9-8-22(15-23(24)37)36(38,39)40/h2-9,12,15,19,49H,10-11,13-14,16-18,41H2,1H3,(H,43,50)/t19-/m1/s1. The van der Waals surface area contributed by atoms with Gasteiger partial charge in [0, 0.05) is 36.4 Å². The number of aromatic nitrogens is 5. The van der Waals surface area contributed by atoms with Crippen molar-refractivity contribution in [1.82, 2.24) is 29.0 Å². The van der Waals surface area contributed by atoms with Gasteiger partial charge in [-0.15, -0.1) is 5.10 Å². The van der Waals surface area contributed by atoms with E-state index in [2.05, 4.69) is 15.4 Å². The van der Waals surface area contributed by atoms with Gasteiger partial charge in [-0.25, -0.2) is 4.98 Å². The van der Waals surface area contributed by atoms with Crippen molar-refractivity contribution in [3.63, 3.8) is 0 Å². The van der Waals surface area contributed by atoms with Crippen molar-refractivity contribution in [3.8, 4) is 17.1 Å². The first-order valence-electron chi connectivity index (χ1n) is 17.0. The number of fused-ring (bicyclic) bond motifs is 3. The van der Waals surface area contributed by atoms with E-state index in [1.165, 1.54) is 27.8 Å². The summed E-state index contributed by atoms with van der Waals surface area (Å²) in [6, 6.07) is 13.0. The van der Waals surface area contributed by atoms with Gasteiger partial charge in [0.2, 0.25) is 11.7 Å². The zero-order chi connectivity index (χ0) is 38.2. The summed E-state index contributed by atoms with van der Waals surface area (Å²) in [5.41, 5.74) is 5.52. The molecule has 0 radical (unpaired) electrons. The molecule has 2 fully saturated rings. The van der Waals surface area contributed by atoms with Gasteiger partial charge in [0.25, 0.3) is 11.5 Å².